The van der Waals surface area contributed by atoms with Crippen LogP contribution in [0.3, 0.4) is 0 Å². The van der Waals surface area contributed by atoms with E-state index in [1.807, 2.05) is 119 Å². The fourth-order valence-electron chi connectivity index (χ4n) is 5.57. The van der Waals surface area contributed by atoms with Gasteiger partial charge in [-0.2, -0.15) is 9.46 Å². The molecule has 2 unspecified atom stereocenters. The van der Waals surface area contributed by atoms with E-state index < -0.39 is 35.8 Å². The van der Waals surface area contributed by atoms with Crippen molar-refractivity contribution in [3.8, 4) is 22.8 Å². The molecule has 64 heavy (non-hydrogen) atoms. The molecule has 4 heterocycles. The highest BCUT2D eigenvalue weighted by molar-refractivity contribution is 6.25. The molecule has 22 heteroatoms. The summed E-state index contributed by atoms with van der Waals surface area (Å²) in [6.45, 7) is 4.19. The third kappa shape index (κ3) is 12.4. The van der Waals surface area contributed by atoms with E-state index in [1.165, 1.54) is 0 Å². The zero-order valence-corrected chi connectivity index (χ0v) is 33.2. The van der Waals surface area contributed by atoms with E-state index in [-0.39, 0.29) is 12.1 Å². The molecule has 0 aliphatic heterocycles. The van der Waals surface area contributed by atoms with Crippen LogP contribution in [-0.2, 0) is 28.8 Å². The maximum atomic E-state index is 10.5. The van der Waals surface area contributed by atoms with Crippen molar-refractivity contribution in [3.63, 3.8) is 0 Å². The molecule has 0 amide bonds. The number of carbonyl (C=O) groups is 6. The first-order valence-electron chi connectivity index (χ1n) is 18.2. The molecular formula is C42H32N8O14-6. The second-order valence-electron chi connectivity index (χ2n) is 12.8. The summed E-state index contributed by atoms with van der Waals surface area (Å²) in [6.07, 6.45) is 11.0. The fraction of sp³-hybridized carbons (Fsp3) is 0.0952. The maximum absolute atomic E-state index is 10.5. The van der Waals surface area contributed by atoms with Crippen molar-refractivity contribution in [3.05, 3.63) is 146 Å². The molecule has 22 nitrogen and oxygen atoms in total. The van der Waals surface area contributed by atoms with Crippen LogP contribution >= 0.6 is 0 Å². The lowest BCUT2D eigenvalue weighted by molar-refractivity contribution is -0.345. The Morgan fingerprint density at radius 2 is 0.797 bits per heavy atom. The first-order valence-corrected chi connectivity index (χ1v) is 18.2. The highest BCUT2D eigenvalue weighted by Gasteiger charge is 2.16. The lowest BCUT2D eigenvalue weighted by Crippen LogP contribution is -2.42. The number of aliphatic carboxylic acids is 6. The first kappa shape index (κ1) is 47.3. The monoisotopic (exact) mass is 872 g/mol. The number of aromatic nitrogens is 8. The largest absolute Gasteiger partial charge is 0.543 e. The average Bonchev–Trinajstić information content (AvgIpc) is 4.13. The van der Waals surface area contributed by atoms with Crippen LogP contribution in [0.5, 0.6) is 0 Å². The molecule has 0 radical (unpaired) electrons. The van der Waals surface area contributed by atoms with Crippen LogP contribution in [0.25, 0.3) is 44.8 Å². The Morgan fingerprint density at radius 3 is 1.06 bits per heavy atom. The molecule has 4 aromatic carbocycles. The Balaban J connectivity index is 0.000000205. The van der Waals surface area contributed by atoms with Gasteiger partial charge >= 0.3 is 0 Å². The van der Waals surface area contributed by atoms with Gasteiger partial charge in [0.05, 0.1) is 71.6 Å². The van der Waals surface area contributed by atoms with E-state index in [0.717, 1.165) is 42.7 Å². The van der Waals surface area contributed by atoms with E-state index in [1.54, 1.807) is 25.0 Å². The van der Waals surface area contributed by atoms with Gasteiger partial charge < -0.3 is 79.0 Å². The van der Waals surface area contributed by atoms with Crippen molar-refractivity contribution in [1.82, 2.24) is 38.5 Å². The summed E-state index contributed by atoms with van der Waals surface area (Å²) in [5, 5.41) is 74.6. The number of imidazole rings is 4. The highest BCUT2D eigenvalue weighted by atomic mass is 16.5. The van der Waals surface area contributed by atoms with Crippen LogP contribution in [-0.4, -0.2) is 84.8 Å². The molecule has 8 rings (SSSR count). The van der Waals surface area contributed by atoms with Gasteiger partial charge in [-0.05, 0) is 49.2 Å². The number of hydrogen-bond donors (Lipinski definition) is 2. The zero-order chi connectivity index (χ0) is 47.1. The molecule has 8 aromatic rings. The molecular weight excluding hydrogens is 841 g/mol. The van der Waals surface area contributed by atoms with E-state index in [0.29, 0.717) is 22.7 Å². The molecule has 2 atom stereocenters. The number of carboxylic acids is 6. The number of carboxylic acid groups (broad SMARTS) is 6. The van der Waals surface area contributed by atoms with E-state index in [4.69, 9.17) is 59.4 Å². The van der Waals surface area contributed by atoms with Crippen LogP contribution in [0.2, 0.25) is 0 Å². The zero-order valence-electron chi connectivity index (χ0n) is 33.2. The number of carbonyl (C=O) groups excluding carboxylic acids is 6. The van der Waals surface area contributed by atoms with Gasteiger partial charge in [-0.3, -0.25) is 0 Å². The molecule has 330 valence electrons. The SMILES string of the molecule is CC(c1ccc2nc(-c3ccccc3)n(O)c2c1)n1ccnc1.CC(c1ccc2nc(-c3ccccc3)n(O)c2c1)n1ccnc1.O=C([O-])C(=O)[O-].O=C([O-])C(=O)[O-].O=C([O-])C(=O)[O-]. The van der Waals surface area contributed by atoms with Crippen molar-refractivity contribution in [2.45, 2.75) is 25.9 Å². The van der Waals surface area contributed by atoms with Crippen molar-refractivity contribution in [2.75, 3.05) is 0 Å². The minimum Gasteiger partial charge on any atom is -0.543 e. The fourth-order valence-corrected chi connectivity index (χ4v) is 5.57. The van der Waals surface area contributed by atoms with Gasteiger partial charge in [0, 0.05) is 35.9 Å². The smallest absolute Gasteiger partial charge is 0.176 e. The Hall–Kier alpha value is -9.34. The topological polar surface area (TPSA) is 353 Å². The number of benzene rings is 4. The Bertz CT molecular complexity index is 2610. The summed E-state index contributed by atoms with van der Waals surface area (Å²) in [5.74, 6) is -12.0. The Labute approximate surface area is 360 Å². The third-order valence-corrected chi connectivity index (χ3v) is 8.78. The summed E-state index contributed by atoms with van der Waals surface area (Å²) in [4.78, 5) is 70.8. The standard InChI is InChI=1S/2C18H16N4O.3C2H2O4/c2*1-13(21-10-9-19-12-21)15-7-8-16-17(11-15)22(23)18(20-16)14-5-3-2-4-6-14;3*3-1(4)2(5)6/h2*2-13,23H,1H3;3*(H,3,4)(H,5,6)/p-6. The molecule has 0 aliphatic rings. The molecule has 0 spiro atoms. The van der Waals surface area contributed by atoms with Crippen LogP contribution < -0.4 is 30.6 Å². The van der Waals surface area contributed by atoms with Crippen LogP contribution in [0.15, 0.2) is 135 Å². The quantitative estimate of drug-likeness (QED) is 0.124. The first-order chi connectivity index (χ1) is 30.4. The second-order valence-corrected chi connectivity index (χ2v) is 12.8. The third-order valence-electron chi connectivity index (χ3n) is 8.78. The predicted octanol–water partition coefficient (Wildman–Crippen LogP) is -3.05. The van der Waals surface area contributed by atoms with Crippen LogP contribution in [0, 0.1) is 0 Å². The number of hydrogen-bond acceptors (Lipinski definition) is 18. The van der Waals surface area contributed by atoms with Crippen molar-refractivity contribution in [2.24, 2.45) is 0 Å². The van der Waals surface area contributed by atoms with Gasteiger partial charge in [0.1, 0.15) is 11.0 Å². The van der Waals surface area contributed by atoms with Crippen LogP contribution in [0.1, 0.15) is 37.1 Å². The van der Waals surface area contributed by atoms with Gasteiger partial charge in [-0.1, -0.05) is 72.8 Å². The molecule has 2 N–H and O–H groups in total. The highest BCUT2D eigenvalue weighted by Crippen LogP contribution is 2.28. The average molecular weight is 873 g/mol. The lowest BCUT2D eigenvalue weighted by Gasteiger charge is -2.13. The Morgan fingerprint density at radius 1 is 0.484 bits per heavy atom. The minimum absolute atomic E-state index is 0.136. The summed E-state index contributed by atoms with van der Waals surface area (Å²) < 4.78 is 6.37. The minimum atomic E-state index is -2.19. The summed E-state index contributed by atoms with van der Waals surface area (Å²) >= 11 is 0. The summed E-state index contributed by atoms with van der Waals surface area (Å²) in [6, 6.07) is 31.5. The van der Waals surface area contributed by atoms with Gasteiger partial charge in [0.15, 0.2) is 11.6 Å². The summed E-state index contributed by atoms with van der Waals surface area (Å²) in [7, 11) is 0. The van der Waals surface area contributed by atoms with Crippen LogP contribution in [0.4, 0.5) is 0 Å². The Kier molecular flexibility index (Phi) is 16.1. The van der Waals surface area contributed by atoms with Gasteiger partial charge in [0.2, 0.25) is 0 Å². The predicted molar refractivity (Wildman–Crippen MR) is 207 cm³/mol. The van der Waals surface area contributed by atoms with E-state index >= 15 is 0 Å². The van der Waals surface area contributed by atoms with Gasteiger partial charge in [0.25, 0.3) is 0 Å². The van der Waals surface area contributed by atoms with Gasteiger partial charge in [-0.25, -0.2) is 19.9 Å². The number of rotatable bonds is 6. The van der Waals surface area contributed by atoms with Gasteiger partial charge in [-0.15, -0.1) is 0 Å². The van der Waals surface area contributed by atoms with Crippen molar-refractivity contribution in [1.29, 1.82) is 0 Å². The normalized spacial score (nSPS) is 11.1. The summed E-state index contributed by atoms with van der Waals surface area (Å²) in [5.41, 5.74) is 6.89. The molecule has 0 saturated carbocycles. The van der Waals surface area contributed by atoms with E-state index in [2.05, 4.69) is 33.8 Å². The molecule has 0 fully saturated rings. The second kappa shape index (κ2) is 21.8. The molecule has 0 bridgehead atoms. The van der Waals surface area contributed by atoms with Crippen molar-refractivity contribution >= 4 is 57.9 Å². The van der Waals surface area contributed by atoms with Crippen molar-refractivity contribution < 1.29 is 69.8 Å². The lowest BCUT2D eigenvalue weighted by atomic mass is 10.1. The number of fused-ring (bicyclic) bond motifs is 2. The van der Waals surface area contributed by atoms with E-state index in [9.17, 15) is 10.4 Å². The molecule has 0 saturated heterocycles. The maximum Gasteiger partial charge on any atom is 0.176 e. The molecule has 4 aromatic heterocycles. The number of nitrogens with zero attached hydrogens (tertiary/aromatic N) is 8. The molecule has 0 aliphatic carbocycles.